The Morgan fingerprint density at radius 2 is 2.11 bits per heavy atom. The fourth-order valence-corrected chi connectivity index (χ4v) is 1.75. The number of carboxylic acid groups (broad SMARTS) is 1. The summed E-state index contributed by atoms with van der Waals surface area (Å²) in [4.78, 5) is 15.6. The van der Waals surface area contributed by atoms with E-state index in [1.165, 1.54) is 7.11 Å². The molecule has 5 nitrogen and oxygen atoms in total. The molecule has 3 N–H and O–H groups in total. The van der Waals surface area contributed by atoms with Crippen LogP contribution in [0.15, 0.2) is 41.6 Å². The molecule has 0 atom stereocenters. The lowest BCUT2D eigenvalue weighted by Gasteiger charge is -2.05. The second-order valence-corrected chi connectivity index (χ2v) is 3.71. The summed E-state index contributed by atoms with van der Waals surface area (Å²) in [6, 6.07) is 10.7. The first-order valence-electron chi connectivity index (χ1n) is 5.26. The van der Waals surface area contributed by atoms with E-state index in [1.54, 1.807) is 24.3 Å². The van der Waals surface area contributed by atoms with Gasteiger partial charge in [-0.25, -0.2) is 4.79 Å². The average molecular weight is 244 g/mol. The Morgan fingerprint density at radius 1 is 1.33 bits per heavy atom. The number of carboxylic acids is 1. The van der Waals surface area contributed by atoms with E-state index in [0.717, 1.165) is 10.8 Å². The first kappa shape index (κ1) is 11.9. The normalized spacial score (nSPS) is 11.5. The van der Waals surface area contributed by atoms with Gasteiger partial charge in [0.2, 0.25) is 0 Å². The van der Waals surface area contributed by atoms with E-state index in [-0.39, 0.29) is 5.71 Å². The summed E-state index contributed by atoms with van der Waals surface area (Å²) in [5.74, 6) is -1.15. The molecule has 2 aromatic carbocycles. The molecule has 5 heteroatoms. The summed E-state index contributed by atoms with van der Waals surface area (Å²) in [6.07, 6.45) is 0. The third-order valence-electron chi connectivity index (χ3n) is 2.57. The monoisotopic (exact) mass is 244 g/mol. The molecule has 0 aliphatic heterocycles. The molecule has 0 heterocycles. The van der Waals surface area contributed by atoms with E-state index in [4.69, 9.17) is 10.8 Å². The van der Waals surface area contributed by atoms with Crippen molar-refractivity contribution in [1.82, 2.24) is 0 Å². The van der Waals surface area contributed by atoms with Crippen LogP contribution >= 0.6 is 0 Å². The Labute approximate surface area is 103 Å². The van der Waals surface area contributed by atoms with Crippen molar-refractivity contribution in [2.45, 2.75) is 0 Å². The number of nitrogens with zero attached hydrogens (tertiary/aromatic N) is 1. The van der Waals surface area contributed by atoms with Crippen LogP contribution in [0.2, 0.25) is 0 Å². The van der Waals surface area contributed by atoms with Crippen molar-refractivity contribution in [3.63, 3.8) is 0 Å². The Hall–Kier alpha value is -2.56. The van der Waals surface area contributed by atoms with Crippen molar-refractivity contribution in [1.29, 1.82) is 0 Å². The molecule has 0 amide bonds. The van der Waals surface area contributed by atoms with Gasteiger partial charge in [-0.1, -0.05) is 29.4 Å². The van der Waals surface area contributed by atoms with Crippen molar-refractivity contribution in [2.24, 2.45) is 5.16 Å². The molecular weight excluding hydrogens is 232 g/mol. The molecule has 0 saturated heterocycles. The van der Waals surface area contributed by atoms with Gasteiger partial charge in [-0.05, 0) is 17.5 Å². The van der Waals surface area contributed by atoms with Crippen LogP contribution in [-0.4, -0.2) is 23.9 Å². The number of aliphatic carboxylic acids is 1. The fourth-order valence-electron chi connectivity index (χ4n) is 1.75. The van der Waals surface area contributed by atoms with Crippen molar-refractivity contribution >= 4 is 28.1 Å². The number of hydrogen-bond donors (Lipinski definition) is 2. The van der Waals surface area contributed by atoms with Crippen molar-refractivity contribution < 1.29 is 14.7 Å². The molecule has 2 aromatic rings. The highest BCUT2D eigenvalue weighted by Gasteiger charge is 2.14. The molecule has 0 spiro atoms. The predicted octanol–water partition coefficient (Wildman–Crippen LogP) is 1.86. The summed E-state index contributed by atoms with van der Waals surface area (Å²) in [7, 11) is 1.30. The quantitative estimate of drug-likeness (QED) is 0.490. The number of hydrogen-bond acceptors (Lipinski definition) is 4. The molecule has 0 unspecified atom stereocenters. The smallest absolute Gasteiger partial charge is 0.358 e. The topological polar surface area (TPSA) is 84.9 Å². The zero-order valence-corrected chi connectivity index (χ0v) is 9.75. The van der Waals surface area contributed by atoms with Crippen molar-refractivity contribution in [3.05, 3.63) is 42.0 Å². The van der Waals surface area contributed by atoms with E-state index in [2.05, 4.69) is 9.99 Å². The van der Waals surface area contributed by atoms with E-state index in [9.17, 15) is 4.79 Å². The highest BCUT2D eigenvalue weighted by Crippen LogP contribution is 2.22. The summed E-state index contributed by atoms with van der Waals surface area (Å²) in [6.45, 7) is 0. The molecule has 18 heavy (non-hydrogen) atoms. The van der Waals surface area contributed by atoms with Gasteiger partial charge in [-0.15, -0.1) is 0 Å². The van der Waals surface area contributed by atoms with Crippen LogP contribution in [0.1, 0.15) is 5.56 Å². The highest BCUT2D eigenvalue weighted by atomic mass is 16.6. The molecular formula is C13H12N2O3. The summed E-state index contributed by atoms with van der Waals surface area (Å²) >= 11 is 0. The van der Waals surface area contributed by atoms with Crippen LogP contribution in [0.4, 0.5) is 5.69 Å². The lowest BCUT2D eigenvalue weighted by atomic mass is 10.0. The van der Waals surface area contributed by atoms with Gasteiger partial charge >= 0.3 is 5.97 Å². The van der Waals surface area contributed by atoms with Gasteiger partial charge in [0.15, 0.2) is 5.71 Å². The van der Waals surface area contributed by atoms with Gasteiger partial charge in [0.05, 0.1) is 0 Å². The van der Waals surface area contributed by atoms with Crippen LogP contribution in [0.5, 0.6) is 0 Å². The standard InChI is InChI=1S/C13H12N2O3/c1-18-15-12(13(16)17)9-6-5-8-3-2-4-11(14)10(8)7-9/h2-7H,14H2,1H3,(H,16,17)/b15-12-. The molecule has 0 aliphatic rings. The minimum absolute atomic E-state index is 0.150. The van der Waals surface area contributed by atoms with Gasteiger partial charge in [0.1, 0.15) is 7.11 Å². The average Bonchev–Trinajstić information content (AvgIpc) is 2.36. The Balaban J connectivity index is 2.62. The van der Waals surface area contributed by atoms with Crippen LogP contribution < -0.4 is 5.73 Å². The van der Waals surface area contributed by atoms with Crippen LogP contribution in [0, 0.1) is 0 Å². The number of rotatable bonds is 3. The number of carbonyl (C=O) groups is 1. The fraction of sp³-hybridized carbons (Fsp3) is 0.0769. The predicted molar refractivity (Wildman–Crippen MR) is 69.5 cm³/mol. The summed E-state index contributed by atoms with van der Waals surface area (Å²) < 4.78 is 0. The lowest BCUT2D eigenvalue weighted by molar-refractivity contribution is -0.129. The molecule has 0 bridgehead atoms. The molecule has 0 radical (unpaired) electrons. The first-order chi connectivity index (χ1) is 8.63. The van der Waals surface area contributed by atoms with Crippen molar-refractivity contribution in [3.8, 4) is 0 Å². The van der Waals surface area contributed by atoms with E-state index < -0.39 is 5.97 Å². The number of benzene rings is 2. The minimum atomic E-state index is -1.15. The number of oxime groups is 1. The zero-order valence-electron chi connectivity index (χ0n) is 9.75. The van der Waals surface area contributed by atoms with Gasteiger partial charge < -0.3 is 15.7 Å². The van der Waals surface area contributed by atoms with E-state index >= 15 is 0 Å². The number of anilines is 1. The molecule has 0 aliphatic carbocycles. The maximum atomic E-state index is 11.1. The maximum Gasteiger partial charge on any atom is 0.358 e. The van der Waals surface area contributed by atoms with Crippen LogP contribution in [-0.2, 0) is 9.63 Å². The van der Waals surface area contributed by atoms with Crippen molar-refractivity contribution in [2.75, 3.05) is 12.8 Å². The SMILES string of the molecule is CO/N=C(\C(=O)O)c1ccc2cccc(N)c2c1. The molecule has 92 valence electrons. The Kier molecular flexibility index (Phi) is 3.14. The molecule has 2 rings (SSSR count). The zero-order chi connectivity index (χ0) is 13.1. The molecule has 0 saturated carbocycles. The first-order valence-corrected chi connectivity index (χ1v) is 5.26. The third-order valence-corrected chi connectivity index (χ3v) is 2.57. The third kappa shape index (κ3) is 2.10. The minimum Gasteiger partial charge on any atom is -0.476 e. The molecule has 0 aromatic heterocycles. The number of fused-ring (bicyclic) bond motifs is 1. The van der Waals surface area contributed by atoms with Gasteiger partial charge in [0.25, 0.3) is 0 Å². The summed E-state index contributed by atoms with van der Waals surface area (Å²) in [5, 5.41) is 14.3. The second kappa shape index (κ2) is 4.75. The maximum absolute atomic E-state index is 11.1. The van der Waals surface area contributed by atoms with Crippen LogP contribution in [0.3, 0.4) is 0 Å². The van der Waals surface area contributed by atoms with E-state index in [1.807, 2.05) is 12.1 Å². The number of nitrogen functional groups attached to an aromatic ring is 1. The molecule has 0 fully saturated rings. The summed E-state index contributed by atoms with van der Waals surface area (Å²) in [5.41, 5.74) is 6.75. The van der Waals surface area contributed by atoms with E-state index in [0.29, 0.717) is 11.3 Å². The Morgan fingerprint density at radius 3 is 2.78 bits per heavy atom. The number of nitrogens with two attached hydrogens (primary N) is 1. The second-order valence-electron chi connectivity index (χ2n) is 3.71. The van der Waals surface area contributed by atoms with Crippen LogP contribution in [0.25, 0.3) is 10.8 Å². The van der Waals surface area contributed by atoms with Gasteiger partial charge in [-0.2, -0.15) is 0 Å². The van der Waals surface area contributed by atoms with Gasteiger partial charge in [0, 0.05) is 16.6 Å². The van der Waals surface area contributed by atoms with Gasteiger partial charge in [-0.3, -0.25) is 0 Å². The highest BCUT2D eigenvalue weighted by molar-refractivity contribution is 6.42. The lowest BCUT2D eigenvalue weighted by Crippen LogP contribution is -2.14. The Bertz CT molecular complexity index is 635. The largest absolute Gasteiger partial charge is 0.476 e.